The first-order valence-electron chi connectivity index (χ1n) is 3.52. The molecule has 2 unspecified atom stereocenters. The minimum absolute atomic E-state index is 0.0725. The van der Waals surface area contributed by atoms with Crippen LogP contribution < -0.4 is 16.4 Å². The fraction of sp³-hybridized carbons (Fsp3) is 0.667. The van der Waals surface area contributed by atoms with E-state index >= 15 is 0 Å². The molecule has 2 atom stereocenters. The predicted octanol–water partition coefficient (Wildman–Crippen LogP) is -1.08. The normalized spacial score (nSPS) is 29.2. The molecule has 1 amide bonds. The number of hydrogen-bond acceptors (Lipinski definition) is 5. The van der Waals surface area contributed by atoms with Crippen molar-refractivity contribution in [2.45, 2.75) is 18.1 Å². The Labute approximate surface area is 74.7 Å². The van der Waals surface area contributed by atoms with E-state index < -0.39 is 0 Å². The summed E-state index contributed by atoms with van der Waals surface area (Å²) >= 11 is 1.32. The van der Waals surface area contributed by atoms with Gasteiger partial charge in [0, 0.05) is 0 Å². The van der Waals surface area contributed by atoms with Gasteiger partial charge < -0.3 is 11.1 Å². The second-order valence-electron chi connectivity index (χ2n) is 2.39. The molecule has 1 aliphatic heterocycles. The highest BCUT2D eigenvalue weighted by molar-refractivity contribution is 8.00. The van der Waals surface area contributed by atoms with Crippen molar-refractivity contribution in [3.8, 4) is 6.07 Å². The Hall–Kier alpha value is -0.770. The van der Waals surface area contributed by atoms with Crippen LogP contribution in [0.15, 0.2) is 0 Å². The number of nitrogens with zero attached hydrogens (tertiary/aromatic N) is 1. The quantitative estimate of drug-likeness (QED) is 0.510. The summed E-state index contributed by atoms with van der Waals surface area (Å²) in [6.45, 7) is 0. The SMILES string of the molecule is N#CCSC1NC(=O)CC(N)N1. The van der Waals surface area contributed by atoms with Crippen LogP contribution in [0, 0.1) is 11.3 Å². The van der Waals surface area contributed by atoms with Gasteiger partial charge in [-0.1, -0.05) is 0 Å². The summed E-state index contributed by atoms with van der Waals surface area (Å²) in [5, 5.41) is 13.9. The lowest BCUT2D eigenvalue weighted by molar-refractivity contribution is -0.123. The average Bonchev–Trinajstić information content (AvgIpc) is 1.99. The number of thioether (sulfide) groups is 1. The van der Waals surface area contributed by atoms with E-state index in [0.717, 1.165) is 0 Å². The smallest absolute Gasteiger partial charge is 0.224 e. The van der Waals surface area contributed by atoms with Crippen molar-refractivity contribution in [1.29, 1.82) is 5.26 Å². The van der Waals surface area contributed by atoms with Gasteiger partial charge in [0.1, 0.15) is 5.50 Å². The monoisotopic (exact) mass is 186 g/mol. The third-order valence-corrected chi connectivity index (χ3v) is 2.26. The number of carbonyl (C=O) groups is 1. The number of nitrogens with two attached hydrogens (primary N) is 1. The maximum Gasteiger partial charge on any atom is 0.224 e. The van der Waals surface area contributed by atoms with Gasteiger partial charge in [0.25, 0.3) is 0 Å². The van der Waals surface area contributed by atoms with E-state index in [2.05, 4.69) is 10.6 Å². The van der Waals surface area contributed by atoms with Gasteiger partial charge in [0.2, 0.25) is 5.91 Å². The van der Waals surface area contributed by atoms with Crippen molar-refractivity contribution in [1.82, 2.24) is 10.6 Å². The highest BCUT2D eigenvalue weighted by Crippen LogP contribution is 2.08. The Morgan fingerprint density at radius 2 is 2.58 bits per heavy atom. The number of hydrogen-bond donors (Lipinski definition) is 3. The van der Waals surface area contributed by atoms with Crippen molar-refractivity contribution < 1.29 is 4.79 Å². The van der Waals surface area contributed by atoms with E-state index in [0.29, 0.717) is 12.2 Å². The fourth-order valence-corrected chi connectivity index (χ4v) is 1.64. The van der Waals surface area contributed by atoms with E-state index in [4.69, 9.17) is 11.0 Å². The Balaban J connectivity index is 2.35. The van der Waals surface area contributed by atoms with Gasteiger partial charge in [-0.2, -0.15) is 5.26 Å². The van der Waals surface area contributed by atoms with Gasteiger partial charge >= 0.3 is 0 Å². The molecule has 1 heterocycles. The molecule has 0 aliphatic carbocycles. The summed E-state index contributed by atoms with van der Waals surface area (Å²) < 4.78 is 0. The highest BCUT2D eigenvalue weighted by Gasteiger charge is 2.22. The molecule has 0 aromatic heterocycles. The molecule has 0 radical (unpaired) electrons. The molecule has 0 aromatic rings. The molecule has 1 saturated heterocycles. The molecule has 0 saturated carbocycles. The average molecular weight is 186 g/mol. The van der Waals surface area contributed by atoms with Gasteiger partial charge in [-0.05, 0) is 0 Å². The standard InChI is InChI=1S/C6H10N4OS/c7-1-2-12-6-9-4(8)3-5(11)10-6/h4,6,9H,2-3,8H2,(H,10,11). The van der Waals surface area contributed by atoms with Crippen LogP contribution in [0.3, 0.4) is 0 Å². The van der Waals surface area contributed by atoms with Gasteiger partial charge in [0.05, 0.1) is 24.4 Å². The summed E-state index contributed by atoms with van der Waals surface area (Å²) in [7, 11) is 0. The van der Waals surface area contributed by atoms with Gasteiger partial charge in [-0.15, -0.1) is 11.8 Å². The zero-order chi connectivity index (χ0) is 8.97. The van der Waals surface area contributed by atoms with Crippen LogP contribution in [-0.2, 0) is 4.79 Å². The van der Waals surface area contributed by atoms with Crippen molar-refractivity contribution >= 4 is 17.7 Å². The fourth-order valence-electron chi connectivity index (χ4n) is 0.910. The second-order valence-corrected chi connectivity index (χ2v) is 3.49. The zero-order valence-corrected chi connectivity index (χ0v) is 7.23. The molecule has 0 bridgehead atoms. The van der Waals surface area contributed by atoms with Crippen LogP contribution in [0.2, 0.25) is 0 Å². The van der Waals surface area contributed by atoms with Gasteiger partial charge in [-0.3, -0.25) is 10.1 Å². The maximum absolute atomic E-state index is 10.9. The minimum atomic E-state index is -0.296. The van der Waals surface area contributed by atoms with Crippen LogP contribution in [0.5, 0.6) is 0 Å². The van der Waals surface area contributed by atoms with Gasteiger partial charge in [0.15, 0.2) is 0 Å². The first kappa shape index (κ1) is 9.32. The summed E-state index contributed by atoms with van der Waals surface area (Å²) in [4.78, 5) is 10.9. The largest absolute Gasteiger partial charge is 0.332 e. The molecule has 0 spiro atoms. The van der Waals surface area contributed by atoms with Crippen LogP contribution >= 0.6 is 11.8 Å². The number of nitriles is 1. The molecule has 66 valence electrons. The van der Waals surface area contributed by atoms with Gasteiger partial charge in [-0.25, -0.2) is 0 Å². The molecule has 1 fully saturated rings. The minimum Gasteiger partial charge on any atom is -0.332 e. The van der Waals surface area contributed by atoms with E-state index in [9.17, 15) is 4.79 Å². The summed E-state index contributed by atoms with van der Waals surface area (Å²) in [5.74, 6) is 0.265. The topological polar surface area (TPSA) is 90.9 Å². The summed E-state index contributed by atoms with van der Waals surface area (Å²) in [6, 6.07) is 1.98. The molecule has 12 heavy (non-hydrogen) atoms. The number of amides is 1. The number of carbonyl (C=O) groups excluding carboxylic acids is 1. The third-order valence-electron chi connectivity index (χ3n) is 1.38. The Morgan fingerprint density at radius 1 is 1.83 bits per heavy atom. The van der Waals surface area contributed by atoms with E-state index in [-0.39, 0.29) is 17.6 Å². The molecule has 1 rings (SSSR count). The molecular formula is C6H10N4OS. The van der Waals surface area contributed by atoms with Crippen molar-refractivity contribution in [3.63, 3.8) is 0 Å². The number of nitrogens with one attached hydrogen (secondary N) is 2. The van der Waals surface area contributed by atoms with Crippen LogP contribution in [0.1, 0.15) is 6.42 Å². The van der Waals surface area contributed by atoms with Crippen molar-refractivity contribution in [3.05, 3.63) is 0 Å². The first-order valence-corrected chi connectivity index (χ1v) is 4.57. The van der Waals surface area contributed by atoms with E-state index in [1.165, 1.54) is 11.8 Å². The molecule has 1 aliphatic rings. The Bertz CT molecular complexity index is 214. The lowest BCUT2D eigenvalue weighted by atomic mass is 10.3. The molecule has 0 aromatic carbocycles. The zero-order valence-electron chi connectivity index (χ0n) is 6.41. The second kappa shape index (κ2) is 4.30. The Kier molecular flexibility index (Phi) is 3.34. The summed E-state index contributed by atoms with van der Waals surface area (Å²) in [6.07, 6.45) is -0.00110. The predicted molar refractivity (Wildman–Crippen MR) is 45.7 cm³/mol. The molecule has 4 N–H and O–H groups in total. The Morgan fingerprint density at radius 3 is 3.17 bits per heavy atom. The lowest BCUT2D eigenvalue weighted by Crippen LogP contribution is -2.58. The van der Waals surface area contributed by atoms with E-state index in [1.807, 2.05) is 6.07 Å². The lowest BCUT2D eigenvalue weighted by Gasteiger charge is -2.28. The van der Waals surface area contributed by atoms with Crippen LogP contribution in [-0.4, -0.2) is 23.3 Å². The molecular weight excluding hydrogens is 176 g/mol. The summed E-state index contributed by atoms with van der Waals surface area (Å²) in [5.41, 5.74) is 5.30. The maximum atomic E-state index is 10.9. The van der Waals surface area contributed by atoms with Crippen LogP contribution in [0.4, 0.5) is 0 Å². The number of rotatable bonds is 2. The molecule has 6 heteroatoms. The van der Waals surface area contributed by atoms with Crippen molar-refractivity contribution in [2.24, 2.45) is 5.73 Å². The third kappa shape index (κ3) is 2.70. The first-order chi connectivity index (χ1) is 5.72. The van der Waals surface area contributed by atoms with Crippen molar-refractivity contribution in [2.75, 3.05) is 5.75 Å². The highest BCUT2D eigenvalue weighted by atomic mass is 32.2. The van der Waals surface area contributed by atoms with Crippen LogP contribution in [0.25, 0.3) is 0 Å². The van der Waals surface area contributed by atoms with E-state index in [1.54, 1.807) is 0 Å². The molecule has 5 nitrogen and oxygen atoms in total.